The van der Waals surface area contributed by atoms with Crippen molar-refractivity contribution < 1.29 is 9.90 Å². The average molecular weight is 246 g/mol. The molecule has 0 amide bonds. The predicted octanol–water partition coefficient (Wildman–Crippen LogP) is 1.08. The third kappa shape index (κ3) is 3.84. The minimum Gasteiger partial charge on any atom is -0.550 e. The zero-order chi connectivity index (χ0) is 12.8. The number of rotatable bonds is 5. The summed E-state index contributed by atoms with van der Waals surface area (Å²) in [7, 11) is 0. The number of carbonyl (C=O) groups is 1. The molecule has 0 atom stereocenters. The lowest BCUT2D eigenvalue weighted by Crippen LogP contribution is -2.41. The largest absolute Gasteiger partial charge is 0.550 e. The minimum atomic E-state index is -0.876. The maximum Gasteiger partial charge on any atom is 0.0446 e. The Hall–Kier alpha value is -1.35. The van der Waals surface area contributed by atoms with Crippen LogP contribution in [0.5, 0.6) is 0 Å². The summed E-state index contributed by atoms with van der Waals surface area (Å²) < 4.78 is 0. The van der Waals surface area contributed by atoms with Gasteiger partial charge >= 0.3 is 0 Å². The van der Waals surface area contributed by atoms with E-state index in [2.05, 4.69) is 29.2 Å². The van der Waals surface area contributed by atoms with Gasteiger partial charge in [-0.25, -0.2) is 0 Å². The zero-order valence-corrected chi connectivity index (χ0v) is 10.7. The van der Waals surface area contributed by atoms with Crippen molar-refractivity contribution in [2.24, 2.45) is 5.92 Å². The van der Waals surface area contributed by atoms with Crippen molar-refractivity contribution in [2.45, 2.75) is 25.7 Å². The van der Waals surface area contributed by atoms with E-state index >= 15 is 0 Å². The number of benzene rings is 1. The van der Waals surface area contributed by atoms with Crippen molar-refractivity contribution in [1.29, 1.82) is 0 Å². The first kappa shape index (κ1) is 13.1. The first-order valence-corrected chi connectivity index (χ1v) is 6.73. The Labute approximate surface area is 108 Å². The lowest BCUT2D eigenvalue weighted by molar-refractivity contribution is -0.312. The summed E-state index contributed by atoms with van der Waals surface area (Å²) >= 11 is 0. The van der Waals surface area contributed by atoms with E-state index in [1.165, 1.54) is 5.56 Å². The molecule has 0 aromatic heterocycles. The Bertz CT molecular complexity index is 369. The second-order valence-corrected chi connectivity index (χ2v) is 5.02. The topological polar surface area (TPSA) is 43.4 Å². The fraction of sp³-hybridized carbons (Fsp3) is 0.533. The molecule has 1 aliphatic rings. The van der Waals surface area contributed by atoms with E-state index in [-0.39, 0.29) is 5.92 Å². The van der Waals surface area contributed by atoms with Gasteiger partial charge in [0, 0.05) is 11.9 Å². The van der Waals surface area contributed by atoms with Gasteiger partial charge in [-0.3, -0.25) is 0 Å². The summed E-state index contributed by atoms with van der Waals surface area (Å²) in [5, 5.41) is 10.7. The second kappa shape index (κ2) is 6.55. The van der Waals surface area contributed by atoms with Crippen LogP contribution in [0.2, 0.25) is 0 Å². The Morgan fingerprint density at radius 3 is 2.50 bits per heavy atom. The molecule has 18 heavy (non-hydrogen) atoms. The van der Waals surface area contributed by atoms with Crippen molar-refractivity contribution in [3.8, 4) is 0 Å². The Morgan fingerprint density at radius 2 is 1.89 bits per heavy atom. The first-order valence-electron chi connectivity index (χ1n) is 6.73. The van der Waals surface area contributed by atoms with Crippen LogP contribution >= 0.6 is 0 Å². The van der Waals surface area contributed by atoms with Gasteiger partial charge in [0.2, 0.25) is 0 Å². The van der Waals surface area contributed by atoms with Gasteiger partial charge in [0.25, 0.3) is 0 Å². The van der Waals surface area contributed by atoms with E-state index in [0.29, 0.717) is 0 Å². The minimum absolute atomic E-state index is 0.227. The highest BCUT2D eigenvalue weighted by atomic mass is 16.4. The van der Waals surface area contributed by atoms with E-state index in [4.69, 9.17) is 0 Å². The summed E-state index contributed by atoms with van der Waals surface area (Å²) in [6.07, 6.45) is 3.72. The van der Waals surface area contributed by atoms with Crippen molar-refractivity contribution in [3.05, 3.63) is 35.9 Å². The molecule has 0 aliphatic carbocycles. The van der Waals surface area contributed by atoms with Crippen LogP contribution in [0.1, 0.15) is 24.8 Å². The summed E-state index contributed by atoms with van der Waals surface area (Å²) in [4.78, 5) is 13.1. The number of carboxylic acid groups (broad SMARTS) is 1. The Balaban J connectivity index is 1.65. The molecule has 2 rings (SSSR count). The van der Waals surface area contributed by atoms with Gasteiger partial charge in [-0.2, -0.15) is 0 Å². The highest BCUT2D eigenvalue weighted by Crippen LogP contribution is 2.16. The molecule has 1 saturated heterocycles. The van der Waals surface area contributed by atoms with Crippen molar-refractivity contribution in [1.82, 2.24) is 4.90 Å². The van der Waals surface area contributed by atoms with Gasteiger partial charge in [-0.15, -0.1) is 0 Å². The van der Waals surface area contributed by atoms with Crippen LogP contribution in [0.15, 0.2) is 30.3 Å². The van der Waals surface area contributed by atoms with Crippen LogP contribution in [0.4, 0.5) is 0 Å². The zero-order valence-electron chi connectivity index (χ0n) is 10.7. The number of nitrogens with zero attached hydrogens (tertiary/aromatic N) is 1. The molecule has 0 bridgehead atoms. The molecule has 0 saturated carbocycles. The van der Waals surface area contributed by atoms with Crippen LogP contribution in [-0.2, 0) is 11.2 Å². The van der Waals surface area contributed by atoms with Crippen LogP contribution in [0.3, 0.4) is 0 Å². The smallest absolute Gasteiger partial charge is 0.0446 e. The number of hydrogen-bond donors (Lipinski definition) is 0. The maximum atomic E-state index is 10.7. The molecule has 3 heteroatoms. The summed E-state index contributed by atoms with van der Waals surface area (Å²) in [5.74, 6) is -1.10. The monoisotopic (exact) mass is 246 g/mol. The molecule has 1 fully saturated rings. The van der Waals surface area contributed by atoms with E-state index in [9.17, 15) is 9.90 Å². The Kier molecular flexibility index (Phi) is 4.76. The summed E-state index contributed by atoms with van der Waals surface area (Å²) in [6, 6.07) is 10.5. The van der Waals surface area contributed by atoms with Crippen molar-refractivity contribution in [3.63, 3.8) is 0 Å². The van der Waals surface area contributed by atoms with Crippen LogP contribution in [-0.4, -0.2) is 30.5 Å². The number of likely N-dealkylation sites (tertiary alicyclic amines) is 1. The average Bonchev–Trinajstić information content (AvgIpc) is 2.40. The summed E-state index contributed by atoms with van der Waals surface area (Å²) in [5.41, 5.74) is 1.38. The predicted molar refractivity (Wildman–Crippen MR) is 68.9 cm³/mol. The molecule has 1 aromatic rings. The molecule has 0 radical (unpaired) electrons. The van der Waals surface area contributed by atoms with Gasteiger partial charge in [0.1, 0.15) is 0 Å². The van der Waals surface area contributed by atoms with Gasteiger partial charge < -0.3 is 14.8 Å². The molecule has 0 N–H and O–H groups in total. The first-order chi connectivity index (χ1) is 8.75. The fourth-order valence-corrected chi connectivity index (χ4v) is 2.54. The molecular formula is C15H20NO2-. The third-order valence-corrected chi connectivity index (χ3v) is 3.70. The lowest BCUT2D eigenvalue weighted by atomic mass is 9.97. The van der Waals surface area contributed by atoms with Gasteiger partial charge in [-0.1, -0.05) is 30.3 Å². The normalized spacial score (nSPS) is 17.8. The number of carboxylic acids is 1. The lowest BCUT2D eigenvalue weighted by Gasteiger charge is -2.32. The number of carbonyl (C=O) groups excluding carboxylic acids is 1. The fourth-order valence-electron chi connectivity index (χ4n) is 2.54. The van der Waals surface area contributed by atoms with Gasteiger partial charge in [-0.05, 0) is 50.9 Å². The van der Waals surface area contributed by atoms with Crippen molar-refractivity contribution in [2.75, 3.05) is 19.6 Å². The molecule has 1 heterocycles. The second-order valence-electron chi connectivity index (χ2n) is 5.02. The van der Waals surface area contributed by atoms with E-state index < -0.39 is 5.97 Å². The molecule has 0 spiro atoms. The summed E-state index contributed by atoms with van der Waals surface area (Å²) in [6.45, 7) is 2.86. The molecular weight excluding hydrogens is 226 g/mol. The molecule has 1 aliphatic heterocycles. The Morgan fingerprint density at radius 1 is 1.22 bits per heavy atom. The third-order valence-electron chi connectivity index (χ3n) is 3.70. The molecule has 1 aromatic carbocycles. The SMILES string of the molecule is O=C([O-])C1CCN(CCCc2ccccc2)CC1. The quantitative estimate of drug-likeness (QED) is 0.781. The number of hydrogen-bond acceptors (Lipinski definition) is 3. The van der Waals surface area contributed by atoms with Crippen LogP contribution < -0.4 is 5.11 Å². The number of aliphatic carboxylic acids is 1. The standard InChI is InChI=1S/C15H21NO2/c17-15(18)14-8-11-16(12-9-14)10-4-7-13-5-2-1-3-6-13/h1-3,5-6,14H,4,7-12H2,(H,17,18)/p-1. The van der Waals surface area contributed by atoms with Gasteiger partial charge in [0.05, 0.1) is 0 Å². The number of piperidine rings is 1. The van der Waals surface area contributed by atoms with Crippen molar-refractivity contribution >= 4 is 5.97 Å². The van der Waals surface area contributed by atoms with Gasteiger partial charge in [0.15, 0.2) is 0 Å². The van der Waals surface area contributed by atoms with E-state index in [0.717, 1.165) is 45.3 Å². The molecule has 0 unspecified atom stereocenters. The highest BCUT2D eigenvalue weighted by molar-refractivity contribution is 5.67. The van der Waals surface area contributed by atoms with E-state index in [1.54, 1.807) is 0 Å². The van der Waals surface area contributed by atoms with Crippen LogP contribution in [0, 0.1) is 5.92 Å². The maximum absolute atomic E-state index is 10.7. The van der Waals surface area contributed by atoms with Crippen LogP contribution in [0.25, 0.3) is 0 Å². The molecule has 3 nitrogen and oxygen atoms in total. The highest BCUT2D eigenvalue weighted by Gasteiger charge is 2.19. The van der Waals surface area contributed by atoms with E-state index in [1.807, 2.05) is 6.07 Å². The number of aryl methyl sites for hydroxylation is 1. The molecule has 98 valence electrons.